The van der Waals surface area contributed by atoms with Gasteiger partial charge in [-0.1, -0.05) is 5.16 Å². The van der Waals surface area contributed by atoms with Gasteiger partial charge < -0.3 is 24.2 Å². The van der Waals surface area contributed by atoms with Crippen molar-refractivity contribution in [2.45, 2.75) is 69.6 Å². The van der Waals surface area contributed by atoms with E-state index in [2.05, 4.69) is 20.2 Å². The standard InChI is InChI=1S/C29H32F9N5O5/c1-25(28(33,34)35,29(36,37)38)16-47-20-3-2-18(14-19(20)27(30,31)32)22-40-21(48-41-22)15-42-23(44)26(7-9-39-10-8-26)43(24(42)45)11-4-17-5-12-46-13-6-17/h2-3,14,17,39H,4-13,15-16H2,1H3. The van der Waals surface area contributed by atoms with E-state index in [1.807, 2.05) is 0 Å². The van der Waals surface area contributed by atoms with Crippen molar-refractivity contribution in [2.75, 3.05) is 39.5 Å². The van der Waals surface area contributed by atoms with Crippen LogP contribution in [-0.2, 0) is 22.3 Å². The molecule has 48 heavy (non-hydrogen) atoms. The summed E-state index contributed by atoms with van der Waals surface area (Å²) in [4.78, 5) is 33.9. The Labute approximate surface area is 267 Å². The first-order chi connectivity index (χ1) is 22.4. The number of urea groups is 1. The fourth-order valence-corrected chi connectivity index (χ4v) is 6.04. The number of nitrogens with zero attached hydrogens (tertiary/aromatic N) is 4. The smallest absolute Gasteiger partial charge is 0.419 e. The predicted octanol–water partition coefficient (Wildman–Crippen LogP) is 5.97. The molecule has 5 rings (SSSR count). The van der Waals surface area contributed by atoms with Crippen LogP contribution in [0.4, 0.5) is 44.3 Å². The number of aromatic nitrogens is 2. The minimum absolute atomic E-state index is 0.219. The summed E-state index contributed by atoms with van der Waals surface area (Å²) in [5.41, 5.74) is -7.59. The molecule has 2 aromatic rings. The molecule has 3 fully saturated rings. The highest BCUT2D eigenvalue weighted by Gasteiger charge is 2.68. The van der Waals surface area contributed by atoms with Crippen molar-refractivity contribution >= 4 is 11.9 Å². The number of ether oxygens (including phenoxy) is 2. The Kier molecular flexibility index (Phi) is 9.68. The maximum Gasteiger partial charge on any atom is 0.419 e. The van der Waals surface area contributed by atoms with Gasteiger partial charge in [0.05, 0.1) is 5.56 Å². The first-order valence-electron chi connectivity index (χ1n) is 15.1. The molecule has 0 bridgehead atoms. The molecule has 10 nitrogen and oxygen atoms in total. The normalized spacial score (nSPS) is 19.9. The van der Waals surface area contributed by atoms with Crippen molar-refractivity contribution < 1.29 is 63.1 Å². The fourth-order valence-electron chi connectivity index (χ4n) is 6.04. The molecular weight excluding hydrogens is 669 g/mol. The summed E-state index contributed by atoms with van der Waals surface area (Å²) in [6.45, 7) is -0.298. The van der Waals surface area contributed by atoms with Gasteiger partial charge in [0.25, 0.3) is 5.91 Å². The zero-order chi connectivity index (χ0) is 35.1. The summed E-state index contributed by atoms with van der Waals surface area (Å²) in [5, 5.41) is 6.80. The van der Waals surface area contributed by atoms with Crippen LogP contribution in [0.2, 0.25) is 0 Å². The summed E-state index contributed by atoms with van der Waals surface area (Å²) in [7, 11) is 0. The summed E-state index contributed by atoms with van der Waals surface area (Å²) in [6.07, 6.45) is -13.9. The van der Waals surface area contributed by atoms with Crippen LogP contribution >= 0.6 is 0 Å². The van der Waals surface area contributed by atoms with Crippen LogP contribution < -0.4 is 10.1 Å². The Hall–Kier alpha value is -3.61. The molecule has 1 N–H and O–H groups in total. The topological polar surface area (TPSA) is 110 Å². The third kappa shape index (κ3) is 6.79. The van der Waals surface area contributed by atoms with E-state index in [1.54, 1.807) is 4.90 Å². The molecule has 266 valence electrons. The van der Waals surface area contributed by atoms with Crippen LogP contribution in [0.3, 0.4) is 0 Å². The molecule has 4 heterocycles. The minimum atomic E-state index is -5.88. The molecule has 3 amide bonds. The summed E-state index contributed by atoms with van der Waals surface area (Å²) in [6, 6.07) is 1.26. The van der Waals surface area contributed by atoms with Crippen molar-refractivity contribution in [3.63, 3.8) is 0 Å². The average Bonchev–Trinajstić information content (AvgIpc) is 3.56. The van der Waals surface area contributed by atoms with Gasteiger partial charge in [-0.2, -0.15) is 44.5 Å². The summed E-state index contributed by atoms with van der Waals surface area (Å²) < 4.78 is 136. The quantitative estimate of drug-likeness (QED) is 0.252. The van der Waals surface area contributed by atoms with E-state index in [0.29, 0.717) is 70.2 Å². The Morgan fingerprint density at radius 3 is 2.25 bits per heavy atom. The molecule has 0 aliphatic carbocycles. The maximum absolute atomic E-state index is 13.9. The molecule has 3 aliphatic heterocycles. The molecule has 1 aromatic heterocycles. The van der Waals surface area contributed by atoms with E-state index in [0.717, 1.165) is 23.8 Å². The summed E-state index contributed by atoms with van der Waals surface area (Å²) in [5.74, 6) is -2.15. The number of amides is 3. The van der Waals surface area contributed by atoms with Gasteiger partial charge in [0, 0.05) is 25.3 Å². The minimum Gasteiger partial charge on any atom is -0.492 e. The molecular formula is C29H32F9N5O5. The first kappa shape index (κ1) is 35.7. The highest BCUT2D eigenvalue weighted by molar-refractivity contribution is 6.07. The fraction of sp³-hybridized carbons (Fsp3) is 0.655. The van der Waals surface area contributed by atoms with E-state index in [9.17, 15) is 49.1 Å². The molecule has 3 saturated heterocycles. The second-order valence-electron chi connectivity index (χ2n) is 12.3. The lowest BCUT2D eigenvalue weighted by molar-refractivity contribution is -0.340. The zero-order valence-corrected chi connectivity index (χ0v) is 25.5. The number of carbonyl (C=O) groups excluding carboxylic acids is 2. The lowest BCUT2D eigenvalue weighted by Gasteiger charge is -2.39. The molecule has 0 radical (unpaired) electrons. The van der Waals surface area contributed by atoms with Crippen molar-refractivity contribution in [1.82, 2.24) is 25.3 Å². The Bertz CT molecular complexity index is 1470. The summed E-state index contributed by atoms with van der Waals surface area (Å²) >= 11 is 0. The molecule has 0 saturated carbocycles. The van der Waals surface area contributed by atoms with Gasteiger partial charge in [0.2, 0.25) is 11.7 Å². The predicted molar refractivity (Wildman–Crippen MR) is 146 cm³/mol. The van der Waals surface area contributed by atoms with Crippen LogP contribution in [0.5, 0.6) is 5.75 Å². The number of imide groups is 1. The third-order valence-electron chi connectivity index (χ3n) is 9.23. The van der Waals surface area contributed by atoms with Crippen LogP contribution in [0.15, 0.2) is 22.7 Å². The van der Waals surface area contributed by atoms with E-state index in [-0.39, 0.29) is 18.4 Å². The molecule has 19 heteroatoms. The van der Waals surface area contributed by atoms with E-state index < -0.39 is 71.7 Å². The first-order valence-corrected chi connectivity index (χ1v) is 15.1. The second kappa shape index (κ2) is 13.0. The van der Waals surface area contributed by atoms with Gasteiger partial charge in [-0.3, -0.25) is 9.69 Å². The highest BCUT2D eigenvalue weighted by Crippen LogP contribution is 2.51. The number of alkyl halides is 9. The monoisotopic (exact) mass is 701 g/mol. The Morgan fingerprint density at radius 1 is 1.00 bits per heavy atom. The van der Waals surface area contributed by atoms with Crippen molar-refractivity contribution in [1.29, 1.82) is 0 Å². The lowest BCUT2D eigenvalue weighted by atomic mass is 9.86. The van der Waals surface area contributed by atoms with Gasteiger partial charge in [-0.15, -0.1) is 0 Å². The third-order valence-corrected chi connectivity index (χ3v) is 9.23. The molecule has 0 unspecified atom stereocenters. The van der Waals surface area contributed by atoms with Crippen LogP contribution in [-0.4, -0.2) is 89.2 Å². The maximum atomic E-state index is 13.9. The average molecular weight is 702 g/mol. The molecule has 3 aliphatic rings. The van der Waals surface area contributed by atoms with Crippen molar-refractivity contribution in [3.8, 4) is 17.1 Å². The highest BCUT2D eigenvalue weighted by atomic mass is 19.4. The van der Waals surface area contributed by atoms with Crippen molar-refractivity contribution in [2.24, 2.45) is 11.3 Å². The number of hydrogen-bond donors (Lipinski definition) is 1. The Balaban J connectivity index is 1.35. The SMILES string of the molecule is CC(COc1ccc(-c2noc(CN3C(=O)N(CCC4CCOCC4)C4(CCNCC4)C3=O)n2)cc1C(F)(F)F)(C(F)(F)F)C(F)(F)F. The molecule has 0 atom stereocenters. The Morgan fingerprint density at radius 2 is 1.65 bits per heavy atom. The number of nitrogens with one attached hydrogen (secondary N) is 1. The van der Waals surface area contributed by atoms with Crippen LogP contribution in [0.25, 0.3) is 11.4 Å². The lowest BCUT2D eigenvalue weighted by Crippen LogP contribution is -2.56. The van der Waals surface area contributed by atoms with E-state index >= 15 is 0 Å². The van der Waals surface area contributed by atoms with Crippen molar-refractivity contribution in [3.05, 3.63) is 29.7 Å². The largest absolute Gasteiger partial charge is 0.492 e. The molecule has 1 spiro atoms. The second-order valence-corrected chi connectivity index (χ2v) is 12.3. The number of piperidine rings is 1. The van der Waals surface area contributed by atoms with Gasteiger partial charge >= 0.3 is 24.6 Å². The number of halogens is 9. The van der Waals surface area contributed by atoms with Gasteiger partial charge in [-0.25, -0.2) is 4.79 Å². The number of rotatable bonds is 9. The van der Waals surface area contributed by atoms with Gasteiger partial charge in [-0.05, 0) is 76.2 Å². The number of benzene rings is 1. The zero-order valence-electron chi connectivity index (χ0n) is 25.5. The number of carbonyl (C=O) groups is 2. The van der Waals surface area contributed by atoms with Gasteiger partial charge in [0.1, 0.15) is 24.4 Å². The van der Waals surface area contributed by atoms with Gasteiger partial charge in [0.15, 0.2) is 5.41 Å². The number of hydrogen-bond acceptors (Lipinski definition) is 8. The van der Waals surface area contributed by atoms with Crippen LogP contribution in [0, 0.1) is 11.3 Å². The molecule has 1 aromatic carbocycles. The van der Waals surface area contributed by atoms with Crippen LogP contribution in [0.1, 0.15) is 50.5 Å². The van der Waals surface area contributed by atoms with E-state index in [1.165, 1.54) is 0 Å². The van der Waals surface area contributed by atoms with E-state index in [4.69, 9.17) is 9.26 Å².